The number of methoxy groups -OCH3 is 1. The van der Waals surface area contributed by atoms with Crippen LogP contribution in [0, 0.1) is 6.92 Å². The topological polar surface area (TPSA) is 47.3 Å². The molecule has 0 radical (unpaired) electrons. The molecule has 1 aromatic rings. The molecule has 0 spiro atoms. The number of aryl methyl sites for hydroxylation is 1. The summed E-state index contributed by atoms with van der Waals surface area (Å²) in [6.45, 7) is 2.56. The summed E-state index contributed by atoms with van der Waals surface area (Å²) in [4.78, 5) is 0. The molecule has 0 aliphatic heterocycles. The number of ether oxygens (including phenoxy) is 1. The Morgan fingerprint density at radius 2 is 2.27 bits per heavy atom. The number of halogens is 1. The highest BCUT2D eigenvalue weighted by atomic mass is 35.5. The molecule has 3 N–H and O–H groups in total. The van der Waals surface area contributed by atoms with E-state index in [1.807, 2.05) is 19.1 Å². The Labute approximate surface area is 99.6 Å². The Bertz CT molecular complexity index is 382. The van der Waals surface area contributed by atoms with Gasteiger partial charge in [-0.25, -0.2) is 0 Å². The van der Waals surface area contributed by atoms with E-state index >= 15 is 0 Å². The Hall–Kier alpha value is -1.00. The van der Waals surface area contributed by atoms with E-state index in [-0.39, 0.29) is 5.11 Å². The molecule has 0 heterocycles. The summed E-state index contributed by atoms with van der Waals surface area (Å²) in [5.41, 5.74) is 7.48. The summed E-state index contributed by atoms with van der Waals surface area (Å²) in [6, 6.07) is 3.74. The molecule has 0 atom stereocenters. The molecule has 1 rings (SSSR count). The van der Waals surface area contributed by atoms with E-state index in [1.165, 1.54) is 0 Å². The van der Waals surface area contributed by atoms with Crippen LogP contribution in [0.1, 0.15) is 11.1 Å². The molecule has 5 heteroatoms. The van der Waals surface area contributed by atoms with Crippen molar-refractivity contribution in [1.82, 2.24) is 5.32 Å². The zero-order chi connectivity index (χ0) is 11.4. The molecule has 0 amide bonds. The third kappa shape index (κ3) is 3.25. The highest BCUT2D eigenvalue weighted by molar-refractivity contribution is 7.80. The number of nitrogens with two attached hydrogens (primary N) is 1. The minimum Gasteiger partial charge on any atom is -0.495 e. The largest absolute Gasteiger partial charge is 0.495 e. The predicted molar refractivity (Wildman–Crippen MR) is 66.4 cm³/mol. The van der Waals surface area contributed by atoms with Crippen LogP contribution in [0.4, 0.5) is 0 Å². The van der Waals surface area contributed by atoms with Crippen LogP contribution in [-0.2, 0) is 6.54 Å². The summed E-state index contributed by atoms with van der Waals surface area (Å²) < 4.78 is 5.10. The van der Waals surface area contributed by atoms with Gasteiger partial charge in [-0.15, -0.1) is 0 Å². The van der Waals surface area contributed by atoms with E-state index in [9.17, 15) is 0 Å². The van der Waals surface area contributed by atoms with Crippen LogP contribution in [-0.4, -0.2) is 12.2 Å². The van der Waals surface area contributed by atoms with Crippen LogP contribution >= 0.6 is 23.8 Å². The van der Waals surface area contributed by atoms with Crippen molar-refractivity contribution in [2.75, 3.05) is 7.11 Å². The van der Waals surface area contributed by atoms with E-state index in [1.54, 1.807) is 7.11 Å². The van der Waals surface area contributed by atoms with E-state index < -0.39 is 0 Å². The van der Waals surface area contributed by atoms with Crippen molar-refractivity contribution in [3.8, 4) is 5.75 Å². The van der Waals surface area contributed by atoms with E-state index in [4.69, 9.17) is 34.3 Å². The molecule has 0 aliphatic rings. The van der Waals surface area contributed by atoms with Gasteiger partial charge in [0.05, 0.1) is 12.1 Å². The van der Waals surface area contributed by atoms with E-state index in [0.717, 1.165) is 11.1 Å². The van der Waals surface area contributed by atoms with E-state index in [2.05, 4.69) is 5.32 Å². The Balaban J connectivity index is 2.90. The number of hydrogen-bond acceptors (Lipinski definition) is 2. The van der Waals surface area contributed by atoms with Gasteiger partial charge < -0.3 is 15.8 Å². The first kappa shape index (κ1) is 12.1. The molecular formula is C10H13ClN2OS. The van der Waals surface area contributed by atoms with Crippen molar-refractivity contribution in [3.63, 3.8) is 0 Å². The molecule has 0 aliphatic carbocycles. The zero-order valence-electron chi connectivity index (χ0n) is 8.63. The summed E-state index contributed by atoms with van der Waals surface area (Å²) in [5, 5.41) is 3.74. The molecule has 1 aromatic carbocycles. The zero-order valence-corrected chi connectivity index (χ0v) is 10.2. The van der Waals surface area contributed by atoms with Crippen molar-refractivity contribution in [1.29, 1.82) is 0 Å². The molecule has 0 fully saturated rings. The first-order chi connectivity index (χ1) is 7.04. The van der Waals surface area contributed by atoms with Crippen LogP contribution in [0.3, 0.4) is 0 Å². The Morgan fingerprint density at radius 1 is 1.60 bits per heavy atom. The number of benzene rings is 1. The fraction of sp³-hybridized carbons (Fsp3) is 0.300. The van der Waals surface area contributed by atoms with Crippen molar-refractivity contribution in [2.24, 2.45) is 5.73 Å². The predicted octanol–water partition coefficient (Wildman–Crippen LogP) is 1.99. The Morgan fingerprint density at radius 3 is 2.80 bits per heavy atom. The van der Waals surface area contributed by atoms with E-state index in [0.29, 0.717) is 17.3 Å². The number of nitrogens with one attached hydrogen (secondary N) is 1. The smallest absolute Gasteiger partial charge is 0.163 e. The fourth-order valence-electron chi connectivity index (χ4n) is 1.23. The molecule has 82 valence electrons. The van der Waals surface area contributed by atoms with Crippen LogP contribution < -0.4 is 15.8 Å². The normalized spacial score (nSPS) is 9.80. The van der Waals surface area contributed by atoms with Gasteiger partial charge in [0.2, 0.25) is 0 Å². The van der Waals surface area contributed by atoms with Crippen LogP contribution in [0.15, 0.2) is 12.1 Å². The third-order valence-corrected chi connectivity index (χ3v) is 2.50. The van der Waals surface area contributed by atoms with Gasteiger partial charge in [-0.2, -0.15) is 0 Å². The van der Waals surface area contributed by atoms with Crippen LogP contribution in [0.25, 0.3) is 0 Å². The molecule has 0 bridgehead atoms. The number of thiocarbonyl (C=S) groups is 1. The lowest BCUT2D eigenvalue weighted by molar-refractivity contribution is 0.414. The highest BCUT2D eigenvalue weighted by Crippen LogP contribution is 2.27. The second-order valence-corrected chi connectivity index (χ2v) is 3.98. The minimum atomic E-state index is 0.279. The lowest BCUT2D eigenvalue weighted by atomic mass is 10.1. The minimum absolute atomic E-state index is 0.279. The quantitative estimate of drug-likeness (QED) is 0.799. The maximum Gasteiger partial charge on any atom is 0.163 e. The summed E-state index contributed by atoms with van der Waals surface area (Å²) in [6.07, 6.45) is 0. The fourth-order valence-corrected chi connectivity index (χ4v) is 1.56. The van der Waals surface area contributed by atoms with Gasteiger partial charge >= 0.3 is 0 Å². The second kappa shape index (κ2) is 5.19. The molecule has 0 saturated carbocycles. The molecule has 0 aromatic heterocycles. The average Bonchev–Trinajstić information content (AvgIpc) is 2.18. The molecule has 0 unspecified atom stereocenters. The average molecular weight is 245 g/mol. The first-order valence-corrected chi connectivity index (χ1v) is 5.19. The van der Waals surface area contributed by atoms with Gasteiger partial charge in [0, 0.05) is 6.54 Å². The SMILES string of the molecule is COc1cc(C)c(CNC(N)=S)cc1Cl. The summed E-state index contributed by atoms with van der Waals surface area (Å²) in [7, 11) is 1.59. The molecule has 15 heavy (non-hydrogen) atoms. The standard InChI is InChI=1S/C10H13ClN2OS/c1-6-3-9(14-2)8(11)4-7(6)5-13-10(12)15/h3-4H,5H2,1-2H3,(H3,12,13,15). The van der Waals surface area contributed by atoms with Crippen LogP contribution in [0.2, 0.25) is 5.02 Å². The van der Waals surface area contributed by atoms with Crippen molar-refractivity contribution in [2.45, 2.75) is 13.5 Å². The monoisotopic (exact) mass is 244 g/mol. The van der Waals surface area contributed by atoms with Gasteiger partial charge in [-0.05, 0) is 42.4 Å². The maximum atomic E-state index is 6.00. The Kier molecular flexibility index (Phi) is 4.17. The molecular weight excluding hydrogens is 232 g/mol. The van der Waals surface area contributed by atoms with Gasteiger partial charge in [0.1, 0.15) is 5.75 Å². The number of hydrogen-bond donors (Lipinski definition) is 2. The van der Waals surface area contributed by atoms with Gasteiger partial charge in [0.25, 0.3) is 0 Å². The maximum absolute atomic E-state index is 6.00. The highest BCUT2D eigenvalue weighted by Gasteiger charge is 2.05. The van der Waals surface area contributed by atoms with Crippen molar-refractivity contribution < 1.29 is 4.74 Å². The van der Waals surface area contributed by atoms with Gasteiger partial charge in [-0.1, -0.05) is 11.6 Å². The second-order valence-electron chi connectivity index (χ2n) is 3.13. The first-order valence-electron chi connectivity index (χ1n) is 4.41. The lowest BCUT2D eigenvalue weighted by Gasteiger charge is -2.10. The summed E-state index contributed by atoms with van der Waals surface area (Å²) >= 11 is 10.7. The summed E-state index contributed by atoms with van der Waals surface area (Å²) in [5.74, 6) is 0.674. The third-order valence-electron chi connectivity index (χ3n) is 2.06. The molecule has 3 nitrogen and oxygen atoms in total. The number of rotatable bonds is 3. The van der Waals surface area contributed by atoms with Crippen molar-refractivity contribution in [3.05, 3.63) is 28.3 Å². The van der Waals surface area contributed by atoms with Gasteiger partial charge in [0.15, 0.2) is 5.11 Å². The van der Waals surface area contributed by atoms with Crippen LogP contribution in [0.5, 0.6) is 5.75 Å². The van der Waals surface area contributed by atoms with Crippen molar-refractivity contribution >= 4 is 28.9 Å². The van der Waals surface area contributed by atoms with Gasteiger partial charge in [-0.3, -0.25) is 0 Å². The lowest BCUT2D eigenvalue weighted by Crippen LogP contribution is -2.28. The molecule has 0 saturated heterocycles.